The minimum atomic E-state index is -0.403. The van der Waals surface area contributed by atoms with Gasteiger partial charge in [0, 0.05) is 12.6 Å². The number of benzene rings is 1. The molecule has 21 heavy (non-hydrogen) atoms. The van der Waals surface area contributed by atoms with E-state index in [1.165, 1.54) is 0 Å². The Balaban J connectivity index is 2.39. The molecule has 1 aromatic heterocycles. The molecule has 2 aromatic rings. The fraction of sp³-hybridized carbons (Fsp3) is 0.200. The molecule has 0 aliphatic heterocycles. The number of aromatic nitrogens is 2. The second-order valence-corrected chi connectivity index (χ2v) is 4.38. The Labute approximate surface area is 122 Å². The van der Waals surface area contributed by atoms with Gasteiger partial charge in [0.2, 0.25) is 0 Å². The topological polar surface area (TPSA) is 82.2 Å². The molecule has 0 fully saturated rings. The molecule has 108 valence electrons. The van der Waals surface area contributed by atoms with Crippen LogP contribution in [-0.4, -0.2) is 22.8 Å². The zero-order valence-electron chi connectivity index (χ0n) is 12.1. The third-order valence-corrected chi connectivity index (χ3v) is 3.00. The van der Waals surface area contributed by atoms with Gasteiger partial charge in [-0.3, -0.25) is 14.9 Å². The summed E-state index contributed by atoms with van der Waals surface area (Å²) < 4.78 is 6.66. The SMILES string of the molecule is COc1ccc(C#Cc2c(C(=O)NN)c(C)nn2C)cc1. The number of carbonyl (C=O) groups is 1. The lowest BCUT2D eigenvalue weighted by Crippen LogP contribution is -2.30. The van der Waals surface area contributed by atoms with E-state index in [4.69, 9.17) is 10.6 Å². The molecular weight excluding hydrogens is 268 g/mol. The maximum atomic E-state index is 11.8. The number of nitrogens with one attached hydrogen (secondary N) is 1. The van der Waals surface area contributed by atoms with Crippen molar-refractivity contribution in [2.75, 3.05) is 7.11 Å². The lowest BCUT2D eigenvalue weighted by Gasteiger charge is -1.99. The number of nitrogen functional groups attached to an aromatic ring is 1. The van der Waals surface area contributed by atoms with Crippen LogP contribution in [0, 0.1) is 18.8 Å². The molecule has 0 aliphatic rings. The average Bonchev–Trinajstić information content (AvgIpc) is 2.78. The van der Waals surface area contributed by atoms with Crippen LogP contribution in [0.1, 0.15) is 27.3 Å². The Morgan fingerprint density at radius 3 is 2.57 bits per heavy atom. The molecule has 0 aliphatic carbocycles. The highest BCUT2D eigenvalue weighted by Gasteiger charge is 2.17. The summed E-state index contributed by atoms with van der Waals surface area (Å²) in [7, 11) is 3.34. The molecule has 0 saturated heterocycles. The van der Waals surface area contributed by atoms with Gasteiger partial charge in [-0.1, -0.05) is 5.92 Å². The number of rotatable bonds is 2. The number of amides is 1. The van der Waals surface area contributed by atoms with Gasteiger partial charge in [0.25, 0.3) is 5.91 Å². The van der Waals surface area contributed by atoms with Crippen LogP contribution in [0.25, 0.3) is 0 Å². The maximum absolute atomic E-state index is 11.8. The van der Waals surface area contributed by atoms with E-state index in [0.29, 0.717) is 17.0 Å². The zero-order valence-corrected chi connectivity index (χ0v) is 12.1. The van der Waals surface area contributed by atoms with Gasteiger partial charge in [0.15, 0.2) is 0 Å². The molecule has 0 saturated carbocycles. The monoisotopic (exact) mass is 284 g/mol. The Hall–Kier alpha value is -2.78. The van der Waals surface area contributed by atoms with Crippen LogP contribution < -0.4 is 16.0 Å². The maximum Gasteiger partial charge on any atom is 0.269 e. The number of nitrogens with two attached hydrogens (primary N) is 1. The highest BCUT2D eigenvalue weighted by Crippen LogP contribution is 2.13. The molecule has 6 nitrogen and oxygen atoms in total. The zero-order chi connectivity index (χ0) is 15.4. The van der Waals surface area contributed by atoms with Crippen LogP contribution in [0.4, 0.5) is 0 Å². The van der Waals surface area contributed by atoms with Crippen LogP contribution in [0.5, 0.6) is 5.75 Å². The highest BCUT2D eigenvalue weighted by atomic mass is 16.5. The van der Waals surface area contributed by atoms with Crippen molar-refractivity contribution in [2.45, 2.75) is 6.92 Å². The second kappa shape index (κ2) is 6.11. The van der Waals surface area contributed by atoms with E-state index >= 15 is 0 Å². The molecule has 3 N–H and O–H groups in total. The quantitative estimate of drug-likeness (QED) is 0.369. The van der Waals surface area contributed by atoms with Gasteiger partial charge < -0.3 is 4.74 Å². The van der Waals surface area contributed by atoms with Gasteiger partial charge in [-0.25, -0.2) is 5.84 Å². The minimum absolute atomic E-state index is 0.390. The van der Waals surface area contributed by atoms with Crippen molar-refractivity contribution in [2.24, 2.45) is 12.9 Å². The lowest BCUT2D eigenvalue weighted by molar-refractivity contribution is 0.0952. The van der Waals surface area contributed by atoms with Crippen molar-refractivity contribution in [1.29, 1.82) is 0 Å². The van der Waals surface area contributed by atoms with E-state index in [0.717, 1.165) is 11.3 Å². The molecule has 1 amide bonds. The largest absolute Gasteiger partial charge is 0.497 e. The van der Waals surface area contributed by atoms with E-state index in [1.54, 1.807) is 25.8 Å². The summed E-state index contributed by atoms with van der Waals surface area (Å²) in [6, 6.07) is 7.34. The predicted molar refractivity (Wildman–Crippen MR) is 78.6 cm³/mol. The van der Waals surface area contributed by atoms with Crippen LogP contribution in [-0.2, 0) is 7.05 Å². The first-order chi connectivity index (χ1) is 10.1. The summed E-state index contributed by atoms with van der Waals surface area (Å²) in [5, 5.41) is 4.20. The fourth-order valence-electron chi connectivity index (χ4n) is 1.95. The molecule has 0 atom stereocenters. The first-order valence-corrected chi connectivity index (χ1v) is 6.27. The number of hydrogen-bond donors (Lipinski definition) is 2. The standard InChI is InChI=1S/C15H16N4O2/c1-10-14(15(20)17-16)13(19(2)18-10)9-6-11-4-7-12(21-3)8-5-11/h4-5,7-8H,16H2,1-3H3,(H,17,20). The summed E-state index contributed by atoms with van der Waals surface area (Å²) in [6.45, 7) is 1.74. The van der Waals surface area contributed by atoms with E-state index < -0.39 is 5.91 Å². The number of aryl methyl sites for hydroxylation is 2. The molecule has 2 rings (SSSR count). The summed E-state index contributed by atoms with van der Waals surface area (Å²) in [6.07, 6.45) is 0. The second-order valence-electron chi connectivity index (χ2n) is 4.38. The van der Waals surface area contributed by atoms with Crippen molar-refractivity contribution in [3.8, 4) is 17.6 Å². The molecule has 0 bridgehead atoms. The molecule has 0 radical (unpaired) electrons. The van der Waals surface area contributed by atoms with Gasteiger partial charge in [0.1, 0.15) is 11.4 Å². The molecule has 1 aromatic carbocycles. The van der Waals surface area contributed by atoms with Crippen molar-refractivity contribution in [1.82, 2.24) is 15.2 Å². The minimum Gasteiger partial charge on any atom is -0.497 e. The summed E-state index contributed by atoms with van der Waals surface area (Å²) in [4.78, 5) is 11.8. The number of ether oxygens (including phenoxy) is 1. The third kappa shape index (κ3) is 3.04. The first kappa shape index (κ1) is 14.6. The number of methoxy groups -OCH3 is 1. The van der Waals surface area contributed by atoms with Gasteiger partial charge in [-0.05, 0) is 37.1 Å². The molecule has 6 heteroatoms. The number of hydrazine groups is 1. The van der Waals surface area contributed by atoms with Crippen molar-refractivity contribution in [3.05, 3.63) is 46.8 Å². The Kier molecular flexibility index (Phi) is 4.26. The molecule has 0 unspecified atom stereocenters. The molecular formula is C15H16N4O2. The number of hydrogen-bond acceptors (Lipinski definition) is 4. The third-order valence-electron chi connectivity index (χ3n) is 3.00. The van der Waals surface area contributed by atoms with E-state index in [1.807, 2.05) is 24.3 Å². The van der Waals surface area contributed by atoms with Gasteiger partial charge in [-0.2, -0.15) is 5.10 Å². The van der Waals surface area contributed by atoms with Crippen LogP contribution in [0.2, 0.25) is 0 Å². The van der Waals surface area contributed by atoms with Gasteiger partial charge in [-0.15, -0.1) is 0 Å². The van der Waals surface area contributed by atoms with Crippen LogP contribution in [0.3, 0.4) is 0 Å². The summed E-state index contributed by atoms with van der Waals surface area (Å²) in [5.74, 6) is 11.5. The normalized spacial score (nSPS) is 9.71. The van der Waals surface area contributed by atoms with E-state index in [9.17, 15) is 4.79 Å². The molecule has 1 heterocycles. The Morgan fingerprint density at radius 2 is 2.00 bits per heavy atom. The summed E-state index contributed by atoms with van der Waals surface area (Å²) in [5.41, 5.74) is 4.42. The number of carbonyl (C=O) groups excluding carboxylic acids is 1. The predicted octanol–water partition coefficient (Wildman–Crippen LogP) is 0.740. The smallest absolute Gasteiger partial charge is 0.269 e. The average molecular weight is 284 g/mol. The molecule has 0 spiro atoms. The summed E-state index contributed by atoms with van der Waals surface area (Å²) >= 11 is 0. The Bertz CT molecular complexity index is 721. The van der Waals surface area contributed by atoms with Crippen LogP contribution in [0.15, 0.2) is 24.3 Å². The number of nitrogens with zero attached hydrogens (tertiary/aromatic N) is 2. The van der Waals surface area contributed by atoms with Crippen molar-refractivity contribution < 1.29 is 9.53 Å². The van der Waals surface area contributed by atoms with E-state index in [-0.39, 0.29) is 0 Å². The highest BCUT2D eigenvalue weighted by molar-refractivity contribution is 5.97. The van der Waals surface area contributed by atoms with Crippen LogP contribution >= 0.6 is 0 Å². The van der Waals surface area contributed by atoms with Gasteiger partial charge in [0.05, 0.1) is 18.4 Å². The Morgan fingerprint density at radius 1 is 1.33 bits per heavy atom. The fourth-order valence-corrected chi connectivity index (χ4v) is 1.95. The van der Waals surface area contributed by atoms with Crippen molar-refractivity contribution in [3.63, 3.8) is 0 Å². The lowest BCUT2D eigenvalue weighted by atomic mass is 10.1. The van der Waals surface area contributed by atoms with Gasteiger partial charge >= 0.3 is 0 Å². The first-order valence-electron chi connectivity index (χ1n) is 6.27. The van der Waals surface area contributed by atoms with E-state index in [2.05, 4.69) is 22.4 Å². The van der Waals surface area contributed by atoms with Crippen molar-refractivity contribution >= 4 is 5.91 Å².